The van der Waals surface area contributed by atoms with Crippen LogP contribution in [0.25, 0.3) is 0 Å². The molecule has 1 aromatic heterocycles. The molecular weight excluding hydrogens is 321 g/mol. The first-order chi connectivity index (χ1) is 10.3. The maximum Gasteiger partial charge on any atom is 0.417 e. The van der Waals surface area contributed by atoms with Crippen LogP contribution in [-0.2, 0) is 6.18 Å². The molecule has 1 N–H and O–H groups in total. The Bertz CT molecular complexity index is 715. The third kappa shape index (κ3) is 3.62. The van der Waals surface area contributed by atoms with E-state index < -0.39 is 28.5 Å². The van der Waals surface area contributed by atoms with Gasteiger partial charge in [-0.05, 0) is 35.9 Å². The van der Waals surface area contributed by atoms with Gasteiger partial charge in [0.05, 0.1) is 16.7 Å². The Kier molecular flexibility index (Phi) is 4.46. The number of halogens is 4. The van der Waals surface area contributed by atoms with Crippen LogP contribution >= 0.6 is 11.6 Å². The molecular formula is C14H8ClF3N2O2. The van der Waals surface area contributed by atoms with E-state index in [0.29, 0.717) is 0 Å². The first-order valence-electron chi connectivity index (χ1n) is 5.92. The van der Waals surface area contributed by atoms with Crippen LogP contribution in [0.5, 0.6) is 0 Å². The molecule has 8 heteroatoms. The molecule has 22 heavy (non-hydrogen) atoms. The maximum absolute atomic E-state index is 12.8. The van der Waals surface area contributed by atoms with Gasteiger partial charge in [-0.2, -0.15) is 13.2 Å². The number of hydrogen-bond donors (Lipinski definition) is 1. The van der Waals surface area contributed by atoms with Gasteiger partial charge >= 0.3 is 6.18 Å². The summed E-state index contributed by atoms with van der Waals surface area (Å²) in [6, 6.07) is 6.97. The SMILES string of the molecule is O=C(Cl)c1ccc(NC(=O)c2ccccc2C(F)(F)F)nc1. The van der Waals surface area contributed by atoms with Crippen LogP contribution in [0.15, 0.2) is 42.6 Å². The van der Waals surface area contributed by atoms with E-state index in [1.807, 2.05) is 0 Å². The highest BCUT2D eigenvalue weighted by atomic mass is 35.5. The molecule has 2 aromatic rings. The topological polar surface area (TPSA) is 59.1 Å². The number of carbonyl (C=O) groups excluding carboxylic acids is 2. The molecule has 0 aliphatic heterocycles. The van der Waals surface area contributed by atoms with Gasteiger partial charge in [-0.25, -0.2) is 4.98 Å². The number of nitrogens with one attached hydrogen (secondary N) is 1. The fourth-order valence-corrected chi connectivity index (χ4v) is 1.81. The number of pyridine rings is 1. The van der Waals surface area contributed by atoms with Crippen molar-refractivity contribution in [3.63, 3.8) is 0 Å². The van der Waals surface area contributed by atoms with Gasteiger partial charge in [0, 0.05) is 6.20 Å². The lowest BCUT2D eigenvalue weighted by Gasteiger charge is -2.12. The minimum Gasteiger partial charge on any atom is -0.307 e. The predicted molar refractivity (Wildman–Crippen MR) is 73.8 cm³/mol. The fraction of sp³-hybridized carbons (Fsp3) is 0.0714. The van der Waals surface area contributed by atoms with Crippen molar-refractivity contribution in [3.8, 4) is 0 Å². The summed E-state index contributed by atoms with van der Waals surface area (Å²) < 4.78 is 38.5. The predicted octanol–water partition coefficient (Wildman–Crippen LogP) is 3.73. The van der Waals surface area contributed by atoms with Crippen molar-refractivity contribution in [2.45, 2.75) is 6.18 Å². The molecule has 4 nitrogen and oxygen atoms in total. The van der Waals surface area contributed by atoms with E-state index in [0.717, 1.165) is 18.3 Å². The number of aromatic nitrogens is 1. The second-order valence-corrected chi connectivity index (χ2v) is 4.55. The maximum atomic E-state index is 12.8. The van der Waals surface area contributed by atoms with Gasteiger partial charge in [0.15, 0.2) is 0 Å². The minimum atomic E-state index is -4.64. The van der Waals surface area contributed by atoms with Gasteiger partial charge < -0.3 is 5.32 Å². The Morgan fingerprint density at radius 1 is 1.09 bits per heavy atom. The Morgan fingerprint density at radius 3 is 2.32 bits per heavy atom. The van der Waals surface area contributed by atoms with Crippen molar-refractivity contribution in [2.75, 3.05) is 5.32 Å². The summed E-state index contributed by atoms with van der Waals surface area (Å²) >= 11 is 5.24. The van der Waals surface area contributed by atoms with E-state index >= 15 is 0 Å². The molecule has 0 aliphatic carbocycles. The molecule has 114 valence electrons. The molecule has 1 heterocycles. The van der Waals surface area contributed by atoms with E-state index in [1.54, 1.807) is 0 Å². The highest BCUT2D eigenvalue weighted by Crippen LogP contribution is 2.32. The lowest BCUT2D eigenvalue weighted by molar-refractivity contribution is -0.137. The highest BCUT2D eigenvalue weighted by Gasteiger charge is 2.34. The molecule has 1 amide bonds. The molecule has 0 radical (unpaired) electrons. The monoisotopic (exact) mass is 328 g/mol. The number of anilines is 1. The Balaban J connectivity index is 2.25. The zero-order valence-corrected chi connectivity index (χ0v) is 11.6. The first-order valence-corrected chi connectivity index (χ1v) is 6.30. The van der Waals surface area contributed by atoms with Crippen molar-refractivity contribution >= 4 is 28.6 Å². The fourth-order valence-electron chi connectivity index (χ4n) is 1.70. The molecule has 0 aliphatic rings. The minimum absolute atomic E-state index is 0.00337. The van der Waals surface area contributed by atoms with Crippen LogP contribution in [0.3, 0.4) is 0 Å². The van der Waals surface area contributed by atoms with Crippen molar-refractivity contribution in [3.05, 3.63) is 59.3 Å². The molecule has 0 unspecified atom stereocenters. The second kappa shape index (κ2) is 6.15. The van der Waals surface area contributed by atoms with Gasteiger partial charge in [0.2, 0.25) is 0 Å². The standard InChI is InChI=1S/C14H8ClF3N2O2/c15-12(21)8-5-6-11(19-7-8)20-13(22)9-3-1-2-4-10(9)14(16,17)18/h1-7H,(H,19,20,22). The lowest BCUT2D eigenvalue weighted by Crippen LogP contribution is -2.19. The normalized spacial score (nSPS) is 11.1. The summed E-state index contributed by atoms with van der Waals surface area (Å²) in [5.74, 6) is -0.950. The molecule has 0 fully saturated rings. The van der Waals surface area contributed by atoms with Crippen molar-refractivity contribution in [1.29, 1.82) is 0 Å². The van der Waals surface area contributed by atoms with E-state index in [2.05, 4.69) is 10.3 Å². The summed E-state index contributed by atoms with van der Waals surface area (Å²) in [7, 11) is 0. The average Bonchev–Trinajstić information content (AvgIpc) is 2.47. The lowest BCUT2D eigenvalue weighted by atomic mass is 10.1. The van der Waals surface area contributed by atoms with Crippen LogP contribution in [0.1, 0.15) is 26.3 Å². The average molecular weight is 329 g/mol. The molecule has 0 saturated carbocycles. The molecule has 1 aromatic carbocycles. The third-order valence-electron chi connectivity index (χ3n) is 2.71. The summed E-state index contributed by atoms with van der Waals surface area (Å²) in [5.41, 5.74) is -1.45. The van der Waals surface area contributed by atoms with E-state index in [1.165, 1.54) is 24.3 Å². The van der Waals surface area contributed by atoms with Crippen LogP contribution in [0.2, 0.25) is 0 Å². The number of rotatable bonds is 3. The zero-order valence-electron chi connectivity index (χ0n) is 10.8. The van der Waals surface area contributed by atoms with Gasteiger partial charge in [-0.15, -0.1) is 0 Å². The van der Waals surface area contributed by atoms with E-state index in [-0.39, 0.29) is 11.4 Å². The van der Waals surface area contributed by atoms with Crippen LogP contribution in [-0.4, -0.2) is 16.1 Å². The molecule has 0 saturated heterocycles. The Hall–Kier alpha value is -2.41. The van der Waals surface area contributed by atoms with Crippen LogP contribution in [0.4, 0.5) is 19.0 Å². The van der Waals surface area contributed by atoms with Crippen molar-refractivity contribution in [2.24, 2.45) is 0 Å². The van der Waals surface area contributed by atoms with Gasteiger partial charge in [0.25, 0.3) is 11.1 Å². The largest absolute Gasteiger partial charge is 0.417 e. The summed E-state index contributed by atoms with van der Waals surface area (Å²) in [6.45, 7) is 0. The van der Waals surface area contributed by atoms with Gasteiger partial charge in [-0.3, -0.25) is 9.59 Å². The summed E-state index contributed by atoms with van der Waals surface area (Å²) in [4.78, 5) is 26.6. The third-order valence-corrected chi connectivity index (χ3v) is 2.93. The van der Waals surface area contributed by atoms with Crippen LogP contribution in [0, 0.1) is 0 Å². The van der Waals surface area contributed by atoms with Crippen molar-refractivity contribution < 1.29 is 22.8 Å². The highest BCUT2D eigenvalue weighted by molar-refractivity contribution is 6.67. The van der Waals surface area contributed by atoms with Gasteiger partial charge in [-0.1, -0.05) is 12.1 Å². The Labute approximate surface area is 127 Å². The summed E-state index contributed by atoms with van der Waals surface area (Å²) in [5, 5.41) is 1.50. The van der Waals surface area contributed by atoms with E-state index in [9.17, 15) is 22.8 Å². The van der Waals surface area contributed by atoms with Crippen molar-refractivity contribution in [1.82, 2.24) is 4.98 Å². The smallest absolute Gasteiger partial charge is 0.307 e. The molecule has 0 spiro atoms. The number of benzene rings is 1. The van der Waals surface area contributed by atoms with E-state index in [4.69, 9.17) is 11.6 Å². The second-order valence-electron chi connectivity index (χ2n) is 4.20. The number of hydrogen-bond acceptors (Lipinski definition) is 3. The zero-order chi connectivity index (χ0) is 16.3. The number of amides is 1. The number of alkyl halides is 3. The molecule has 0 atom stereocenters. The van der Waals surface area contributed by atoms with Crippen LogP contribution < -0.4 is 5.32 Å². The quantitative estimate of drug-likeness (QED) is 0.873. The molecule has 0 bridgehead atoms. The number of nitrogens with zero attached hydrogens (tertiary/aromatic N) is 1. The first kappa shape index (κ1) is 16.0. The molecule has 2 rings (SSSR count). The summed E-state index contributed by atoms with van der Waals surface area (Å²) in [6.07, 6.45) is -3.53. The Morgan fingerprint density at radius 2 is 1.77 bits per heavy atom. The van der Waals surface area contributed by atoms with Gasteiger partial charge in [0.1, 0.15) is 5.82 Å². The number of carbonyl (C=O) groups is 2.